The first-order chi connectivity index (χ1) is 9.40. The smallest absolute Gasteiger partial charge is 0.118 e. The molecule has 0 spiro atoms. The summed E-state index contributed by atoms with van der Waals surface area (Å²) >= 11 is 0. The number of hydrogen-bond acceptors (Lipinski definition) is 1. The Bertz CT molecular complexity index is 565. The number of pyridine rings is 1. The zero-order valence-electron chi connectivity index (χ0n) is 13.6. The second-order valence-corrected chi connectivity index (χ2v) is 12.7. The van der Waals surface area contributed by atoms with Gasteiger partial charge < -0.3 is 0 Å². The fraction of sp³-hybridized carbons (Fsp3) is 0.500. The molecule has 0 aliphatic heterocycles. The van der Waals surface area contributed by atoms with Gasteiger partial charge in [0.05, 0.1) is 0 Å². The fourth-order valence-electron chi connectivity index (χ4n) is 4.21. The first-order valence-electron chi connectivity index (χ1n) is 7.76. The highest BCUT2D eigenvalue weighted by Gasteiger charge is 2.45. The van der Waals surface area contributed by atoms with Gasteiger partial charge in [-0.2, -0.15) is 0 Å². The van der Waals surface area contributed by atoms with Gasteiger partial charge in [-0.25, -0.2) is 0 Å². The summed E-state index contributed by atoms with van der Waals surface area (Å²) in [4.78, 5) is 4.90. The third-order valence-electron chi connectivity index (χ3n) is 4.94. The highest BCUT2D eigenvalue weighted by Crippen LogP contribution is 2.40. The minimum absolute atomic E-state index is 0.705. The average Bonchev–Trinajstić information content (AvgIpc) is 2.38. The Kier molecular flexibility index (Phi) is 4.33. The molecule has 0 unspecified atom stereocenters. The third-order valence-corrected chi connectivity index (χ3v) is 11.8. The average molecular weight is 286 g/mol. The molecular formula is C18H27NSi. The van der Waals surface area contributed by atoms with Crippen LogP contribution >= 0.6 is 0 Å². The Morgan fingerprint density at radius 3 is 1.80 bits per heavy atom. The van der Waals surface area contributed by atoms with E-state index in [2.05, 4.69) is 78.1 Å². The van der Waals surface area contributed by atoms with Crippen molar-refractivity contribution in [1.82, 2.24) is 4.98 Å². The topological polar surface area (TPSA) is 12.9 Å². The summed E-state index contributed by atoms with van der Waals surface area (Å²) in [6.45, 7) is 14.4. The van der Waals surface area contributed by atoms with Crippen LogP contribution < -0.4 is 5.32 Å². The summed E-state index contributed by atoms with van der Waals surface area (Å²) in [6.07, 6.45) is 2.07. The van der Waals surface area contributed by atoms with Crippen LogP contribution in [0.5, 0.6) is 0 Å². The highest BCUT2D eigenvalue weighted by atomic mass is 28.3. The molecule has 20 heavy (non-hydrogen) atoms. The maximum Gasteiger partial charge on any atom is 0.118 e. The van der Waals surface area contributed by atoms with E-state index in [-0.39, 0.29) is 0 Å². The molecule has 1 aromatic heterocycles. The predicted molar refractivity (Wildman–Crippen MR) is 92.4 cm³/mol. The second-order valence-electron chi connectivity index (χ2n) is 6.81. The maximum atomic E-state index is 4.90. The standard InChI is InChI=1S/C18H27NSi/c1-13(2)20(14(3)4,15(5)6)18-11-16-9-7-8-10-17(16)12-19-18/h7-15H,1-6H3. The maximum absolute atomic E-state index is 4.90. The van der Waals surface area contributed by atoms with Crippen molar-refractivity contribution < 1.29 is 0 Å². The second kappa shape index (κ2) is 5.69. The van der Waals surface area contributed by atoms with Crippen molar-refractivity contribution >= 4 is 24.2 Å². The minimum Gasteiger partial charge on any atom is -0.265 e. The first kappa shape index (κ1) is 15.2. The van der Waals surface area contributed by atoms with Gasteiger partial charge in [0.15, 0.2) is 0 Å². The zero-order valence-corrected chi connectivity index (χ0v) is 14.6. The molecule has 0 fully saturated rings. The summed E-state index contributed by atoms with van der Waals surface area (Å²) in [5.74, 6) is 0. The molecule has 2 aromatic rings. The molecule has 0 atom stereocenters. The monoisotopic (exact) mass is 285 g/mol. The molecule has 1 heterocycles. The predicted octanol–water partition coefficient (Wildman–Crippen LogP) is 5.12. The molecule has 0 saturated carbocycles. The molecule has 0 radical (unpaired) electrons. The van der Waals surface area contributed by atoms with Gasteiger partial charge in [-0.15, -0.1) is 0 Å². The van der Waals surface area contributed by atoms with Gasteiger partial charge in [0.1, 0.15) is 8.07 Å². The Morgan fingerprint density at radius 1 is 0.800 bits per heavy atom. The van der Waals surface area contributed by atoms with Crippen LogP contribution in [-0.4, -0.2) is 13.1 Å². The van der Waals surface area contributed by atoms with Crippen LogP contribution in [0.1, 0.15) is 41.5 Å². The lowest BCUT2D eigenvalue weighted by molar-refractivity contribution is 0.831. The summed E-state index contributed by atoms with van der Waals surface area (Å²) in [7, 11) is -1.63. The van der Waals surface area contributed by atoms with E-state index < -0.39 is 8.07 Å². The van der Waals surface area contributed by atoms with Crippen molar-refractivity contribution in [3.8, 4) is 0 Å². The molecule has 0 amide bonds. The molecule has 2 heteroatoms. The van der Waals surface area contributed by atoms with Crippen molar-refractivity contribution in [2.75, 3.05) is 0 Å². The Balaban J connectivity index is 2.68. The van der Waals surface area contributed by atoms with Crippen LogP contribution in [0.3, 0.4) is 0 Å². The van der Waals surface area contributed by atoms with Crippen LogP contribution in [0.2, 0.25) is 16.6 Å². The third kappa shape index (κ3) is 2.30. The van der Waals surface area contributed by atoms with Gasteiger partial charge in [0.25, 0.3) is 0 Å². The molecular weight excluding hydrogens is 258 g/mol. The number of fused-ring (bicyclic) bond motifs is 1. The molecule has 2 rings (SSSR count). The van der Waals surface area contributed by atoms with Crippen LogP contribution in [0.4, 0.5) is 0 Å². The number of benzene rings is 1. The van der Waals surface area contributed by atoms with Crippen molar-refractivity contribution in [1.29, 1.82) is 0 Å². The van der Waals surface area contributed by atoms with Gasteiger partial charge in [-0.3, -0.25) is 4.98 Å². The number of aromatic nitrogens is 1. The Labute approximate surface area is 124 Å². The molecule has 0 aliphatic carbocycles. The van der Waals surface area contributed by atoms with Crippen molar-refractivity contribution in [3.63, 3.8) is 0 Å². The summed E-state index contributed by atoms with van der Waals surface area (Å²) in [5.41, 5.74) is 2.11. The molecule has 0 N–H and O–H groups in total. The normalized spacial score (nSPS) is 12.8. The number of nitrogens with zero attached hydrogens (tertiary/aromatic N) is 1. The Hall–Kier alpha value is -1.15. The van der Waals surface area contributed by atoms with E-state index in [9.17, 15) is 0 Å². The summed E-state index contributed by atoms with van der Waals surface area (Å²) in [5, 5.41) is 3.96. The van der Waals surface area contributed by atoms with Gasteiger partial charge in [-0.05, 0) is 33.5 Å². The van der Waals surface area contributed by atoms with Gasteiger partial charge in [0.2, 0.25) is 0 Å². The largest absolute Gasteiger partial charge is 0.265 e. The van der Waals surface area contributed by atoms with Gasteiger partial charge >= 0.3 is 0 Å². The van der Waals surface area contributed by atoms with E-state index in [0.717, 1.165) is 0 Å². The SMILES string of the molecule is CC(C)[Si](c1cc2ccccc2cn1)(C(C)C)C(C)C. The lowest BCUT2D eigenvalue weighted by Gasteiger charge is -2.42. The molecule has 0 aliphatic rings. The molecule has 1 nitrogen and oxygen atoms in total. The molecule has 1 aromatic carbocycles. The van der Waals surface area contributed by atoms with Crippen LogP contribution in [0, 0.1) is 0 Å². The van der Waals surface area contributed by atoms with E-state index >= 15 is 0 Å². The Morgan fingerprint density at radius 2 is 1.30 bits per heavy atom. The molecule has 0 saturated heterocycles. The van der Waals surface area contributed by atoms with Crippen LogP contribution in [0.25, 0.3) is 10.8 Å². The zero-order chi connectivity index (χ0) is 14.9. The van der Waals surface area contributed by atoms with E-state index in [1.165, 1.54) is 16.1 Å². The number of rotatable bonds is 4. The minimum atomic E-state index is -1.63. The van der Waals surface area contributed by atoms with Crippen molar-refractivity contribution in [3.05, 3.63) is 36.5 Å². The molecule has 108 valence electrons. The summed E-state index contributed by atoms with van der Waals surface area (Å²) in [6, 6.07) is 10.9. The van der Waals surface area contributed by atoms with Crippen LogP contribution in [0.15, 0.2) is 36.5 Å². The van der Waals surface area contributed by atoms with Crippen molar-refractivity contribution in [2.45, 2.75) is 58.2 Å². The quantitative estimate of drug-likeness (QED) is 0.710. The number of hydrogen-bond donors (Lipinski definition) is 0. The van der Waals surface area contributed by atoms with E-state index in [1.54, 1.807) is 0 Å². The van der Waals surface area contributed by atoms with E-state index in [0.29, 0.717) is 16.6 Å². The fourth-order valence-corrected chi connectivity index (χ4v) is 10.7. The lowest BCUT2D eigenvalue weighted by atomic mass is 10.2. The first-order valence-corrected chi connectivity index (χ1v) is 9.99. The van der Waals surface area contributed by atoms with Crippen LogP contribution in [-0.2, 0) is 0 Å². The summed E-state index contributed by atoms with van der Waals surface area (Å²) < 4.78 is 0. The van der Waals surface area contributed by atoms with E-state index in [4.69, 9.17) is 4.98 Å². The van der Waals surface area contributed by atoms with Gasteiger partial charge in [-0.1, -0.05) is 65.8 Å². The highest BCUT2D eigenvalue weighted by molar-refractivity contribution is 6.94. The van der Waals surface area contributed by atoms with Gasteiger partial charge in [0, 0.05) is 11.5 Å². The molecule has 0 bridgehead atoms. The van der Waals surface area contributed by atoms with E-state index in [1.807, 2.05) is 0 Å². The van der Waals surface area contributed by atoms with Crippen molar-refractivity contribution in [2.24, 2.45) is 0 Å². The lowest BCUT2D eigenvalue weighted by Crippen LogP contribution is -2.56.